The molecule has 1 amide bonds. The average molecular weight is 432 g/mol. The summed E-state index contributed by atoms with van der Waals surface area (Å²) in [6.45, 7) is 3.82. The third kappa shape index (κ3) is 5.33. The highest BCUT2D eigenvalue weighted by molar-refractivity contribution is 7.93. The van der Waals surface area contributed by atoms with E-state index in [1.807, 2.05) is 26.0 Å². The summed E-state index contributed by atoms with van der Waals surface area (Å²) in [7, 11) is -2.19. The monoisotopic (exact) mass is 431 g/mol. The molecule has 0 spiro atoms. The minimum atomic E-state index is -3.73. The number of hydrogen-bond donors (Lipinski definition) is 2. The highest BCUT2D eigenvalue weighted by Crippen LogP contribution is 2.26. The molecule has 0 bridgehead atoms. The molecule has 7 nitrogen and oxygen atoms in total. The van der Waals surface area contributed by atoms with Gasteiger partial charge >= 0.3 is 0 Å². The number of hydrogen-bond acceptors (Lipinski definition) is 6. The highest BCUT2D eigenvalue weighted by Gasteiger charge is 2.17. The summed E-state index contributed by atoms with van der Waals surface area (Å²) in [4.78, 5) is 16.7. The van der Waals surface area contributed by atoms with Crippen LogP contribution in [-0.2, 0) is 21.2 Å². The Morgan fingerprint density at radius 3 is 2.48 bits per heavy atom. The van der Waals surface area contributed by atoms with Crippen LogP contribution in [0.25, 0.3) is 0 Å². The van der Waals surface area contributed by atoms with Crippen LogP contribution < -0.4 is 14.8 Å². The number of rotatable bonds is 7. The number of amides is 1. The van der Waals surface area contributed by atoms with E-state index < -0.39 is 10.0 Å². The number of benzene rings is 2. The molecule has 3 aromatic rings. The van der Waals surface area contributed by atoms with Crippen molar-refractivity contribution in [2.75, 3.05) is 17.1 Å². The summed E-state index contributed by atoms with van der Waals surface area (Å²) in [6, 6.07) is 12.0. The Morgan fingerprint density at radius 2 is 1.79 bits per heavy atom. The van der Waals surface area contributed by atoms with Crippen molar-refractivity contribution < 1.29 is 17.9 Å². The zero-order chi connectivity index (χ0) is 21.0. The van der Waals surface area contributed by atoms with E-state index in [1.54, 1.807) is 23.6 Å². The molecule has 0 saturated heterocycles. The lowest BCUT2D eigenvalue weighted by Crippen LogP contribution is -2.16. The van der Waals surface area contributed by atoms with Crippen molar-refractivity contribution in [3.63, 3.8) is 0 Å². The lowest BCUT2D eigenvalue weighted by molar-refractivity contribution is -0.115. The number of anilines is 2. The third-order valence-corrected chi connectivity index (χ3v) is 6.37. The van der Waals surface area contributed by atoms with Crippen LogP contribution in [0.3, 0.4) is 0 Å². The van der Waals surface area contributed by atoms with E-state index in [2.05, 4.69) is 15.0 Å². The van der Waals surface area contributed by atoms with E-state index >= 15 is 0 Å². The average Bonchev–Trinajstić information content (AvgIpc) is 3.09. The van der Waals surface area contributed by atoms with Crippen LogP contribution in [0.1, 0.15) is 16.8 Å². The zero-order valence-electron chi connectivity index (χ0n) is 16.2. The maximum atomic E-state index is 12.4. The fraction of sp³-hybridized carbons (Fsp3) is 0.200. The van der Waals surface area contributed by atoms with Gasteiger partial charge in [-0.3, -0.25) is 9.52 Å². The number of aryl methyl sites for hydroxylation is 2. The minimum absolute atomic E-state index is 0.0137. The van der Waals surface area contributed by atoms with Crippen LogP contribution in [0.4, 0.5) is 10.8 Å². The summed E-state index contributed by atoms with van der Waals surface area (Å²) in [6.07, 6.45) is 0.0137. The number of thiazole rings is 1. The van der Waals surface area contributed by atoms with Crippen LogP contribution in [0.5, 0.6) is 5.75 Å². The second kappa shape index (κ2) is 8.62. The number of nitrogens with zero attached hydrogens (tertiary/aromatic N) is 1. The Balaban J connectivity index is 1.66. The quantitative estimate of drug-likeness (QED) is 0.594. The number of ether oxygens (including phenoxy) is 1. The van der Waals surface area contributed by atoms with Crippen LogP contribution >= 0.6 is 11.3 Å². The lowest BCUT2D eigenvalue weighted by Gasteiger charge is -2.10. The Morgan fingerprint density at radius 1 is 1.10 bits per heavy atom. The van der Waals surface area contributed by atoms with E-state index in [1.165, 1.54) is 19.2 Å². The summed E-state index contributed by atoms with van der Waals surface area (Å²) in [5.74, 6) is 0.300. The van der Waals surface area contributed by atoms with E-state index in [-0.39, 0.29) is 22.4 Å². The van der Waals surface area contributed by atoms with Crippen molar-refractivity contribution in [2.45, 2.75) is 25.2 Å². The van der Waals surface area contributed by atoms with E-state index in [9.17, 15) is 13.2 Å². The molecule has 29 heavy (non-hydrogen) atoms. The molecule has 0 aliphatic heterocycles. The number of methoxy groups -OCH3 is 1. The molecule has 152 valence electrons. The van der Waals surface area contributed by atoms with Gasteiger partial charge in [-0.25, -0.2) is 13.4 Å². The highest BCUT2D eigenvalue weighted by atomic mass is 32.2. The number of carbonyl (C=O) groups excluding carboxylic acids is 1. The molecule has 0 saturated carbocycles. The number of carbonyl (C=O) groups is 1. The van der Waals surface area contributed by atoms with Gasteiger partial charge in [0.15, 0.2) is 5.13 Å². The maximum absolute atomic E-state index is 12.4. The fourth-order valence-corrected chi connectivity index (χ4v) is 4.55. The topological polar surface area (TPSA) is 97.4 Å². The molecule has 0 unspecified atom stereocenters. The molecular formula is C20H21N3O4S2. The van der Waals surface area contributed by atoms with Gasteiger partial charge in [-0.05, 0) is 43.7 Å². The van der Waals surface area contributed by atoms with Gasteiger partial charge in [0.05, 0.1) is 29.8 Å². The molecule has 3 rings (SSSR count). The zero-order valence-corrected chi connectivity index (χ0v) is 17.9. The number of aromatic nitrogens is 1. The Labute approximate surface area is 173 Å². The molecule has 1 heterocycles. The molecule has 2 N–H and O–H groups in total. The minimum Gasteiger partial charge on any atom is -0.495 e. The number of nitrogens with one attached hydrogen (secondary N) is 2. The summed E-state index contributed by atoms with van der Waals surface area (Å²) in [5.41, 5.74) is 3.03. The Kier molecular flexibility index (Phi) is 6.19. The van der Waals surface area contributed by atoms with Crippen molar-refractivity contribution in [2.24, 2.45) is 0 Å². The van der Waals surface area contributed by atoms with Gasteiger partial charge < -0.3 is 10.1 Å². The first kappa shape index (κ1) is 20.8. The Bertz CT molecular complexity index is 1120. The van der Waals surface area contributed by atoms with Gasteiger partial charge in [-0.2, -0.15) is 0 Å². The predicted octanol–water partition coefficient (Wildman–Crippen LogP) is 3.75. The van der Waals surface area contributed by atoms with Gasteiger partial charge in [0, 0.05) is 5.38 Å². The van der Waals surface area contributed by atoms with Crippen molar-refractivity contribution in [3.05, 3.63) is 64.7 Å². The molecule has 0 aliphatic rings. The van der Waals surface area contributed by atoms with Crippen LogP contribution in [0, 0.1) is 13.8 Å². The smallest absolute Gasteiger partial charge is 0.263 e. The van der Waals surface area contributed by atoms with Crippen molar-refractivity contribution >= 4 is 38.1 Å². The second-order valence-corrected chi connectivity index (χ2v) is 9.03. The standard InChI is InChI=1S/C20H21N3O4S2/c1-13-4-7-16(8-5-13)29(25,26)23-20-21-15(12-28-20)11-19(24)22-17-9-6-14(2)10-18(17)27-3/h4-10,12H,11H2,1-3H3,(H,21,23)(H,22,24). The largest absolute Gasteiger partial charge is 0.495 e. The first-order valence-corrected chi connectivity index (χ1v) is 11.1. The maximum Gasteiger partial charge on any atom is 0.263 e. The van der Waals surface area contributed by atoms with E-state index in [0.29, 0.717) is 17.1 Å². The first-order chi connectivity index (χ1) is 13.8. The number of sulfonamides is 1. The Hall–Kier alpha value is -2.91. The van der Waals surface area contributed by atoms with Crippen LogP contribution in [0.2, 0.25) is 0 Å². The second-order valence-electron chi connectivity index (χ2n) is 6.49. The molecule has 0 radical (unpaired) electrons. The van der Waals surface area contributed by atoms with Gasteiger partial charge in [0.1, 0.15) is 5.75 Å². The lowest BCUT2D eigenvalue weighted by atomic mass is 10.2. The van der Waals surface area contributed by atoms with Crippen molar-refractivity contribution in [1.29, 1.82) is 0 Å². The van der Waals surface area contributed by atoms with Gasteiger partial charge in [-0.15, -0.1) is 11.3 Å². The SMILES string of the molecule is COc1cc(C)ccc1NC(=O)Cc1csc(NS(=O)(=O)c2ccc(C)cc2)n1. The molecule has 2 aromatic carbocycles. The molecular weight excluding hydrogens is 410 g/mol. The molecule has 0 fully saturated rings. The van der Waals surface area contributed by atoms with E-state index in [0.717, 1.165) is 22.5 Å². The summed E-state index contributed by atoms with van der Waals surface area (Å²) >= 11 is 1.13. The fourth-order valence-electron chi connectivity index (χ4n) is 2.59. The first-order valence-electron chi connectivity index (χ1n) is 8.75. The van der Waals surface area contributed by atoms with Crippen LogP contribution in [-0.4, -0.2) is 26.4 Å². The van der Waals surface area contributed by atoms with E-state index in [4.69, 9.17) is 4.74 Å². The predicted molar refractivity (Wildman–Crippen MR) is 114 cm³/mol. The molecule has 0 atom stereocenters. The summed E-state index contributed by atoms with van der Waals surface area (Å²) < 4.78 is 32.6. The molecule has 9 heteroatoms. The van der Waals surface area contributed by atoms with Crippen molar-refractivity contribution in [1.82, 2.24) is 4.98 Å². The third-order valence-electron chi connectivity index (χ3n) is 4.08. The normalized spacial score (nSPS) is 11.1. The van der Waals surface area contributed by atoms with Crippen LogP contribution in [0.15, 0.2) is 52.7 Å². The van der Waals surface area contributed by atoms with Gasteiger partial charge in [0.25, 0.3) is 10.0 Å². The van der Waals surface area contributed by atoms with Crippen molar-refractivity contribution in [3.8, 4) is 5.75 Å². The molecule has 0 aliphatic carbocycles. The molecule has 1 aromatic heterocycles. The van der Waals surface area contributed by atoms with Gasteiger partial charge in [-0.1, -0.05) is 23.8 Å². The summed E-state index contributed by atoms with van der Waals surface area (Å²) in [5, 5.41) is 4.65. The van der Waals surface area contributed by atoms with Gasteiger partial charge in [0.2, 0.25) is 5.91 Å².